The van der Waals surface area contributed by atoms with Crippen molar-refractivity contribution >= 4 is 5.91 Å². The monoisotopic (exact) mass is 226 g/mol. The summed E-state index contributed by atoms with van der Waals surface area (Å²) in [4.78, 5) is 14.0. The van der Waals surface area contributed by atoms with Gasteiger partial charge in [0.15, 0.2) is 0 Å². The van der Waals surface area contributed by atoms with Gasteiger partial charge in [-0.2, -0.15) is 0 Å². The Kier molecular flexibility index (Phi) is 4.78. The van der Waals surface area contributed by atoms with E-state index >= 15 is 0 Å². The molecule has 1 fully saturated rings. The summed E-state index contributed by atoms with van der Waals surface area (Å²) < 4.78 is 0. The first-order valence-electron chi connectivity index (χ1n) is 6.45. The van der Waals surface area contributed by atoms with Crippen LogP contribution in [0, 0.1) is 11.8 Å². The molecule has 1 rings (SSSR count). The molecule has 16 heavy (non-hydrogen) atoms. The molecule has 0 bridgehead atoms. The second-order valence-electron chi connectivity index (χ2n) is 5.63. The molecular weight excluding hydrogens is 200 g/mol. The molecule has 0 radical (unpaired) electrons. The van der Waals surface area contributed by atoms with Crippen molar-refractivity contribution in [1.82, 2.24) is 4.90 Å². The maximum absolute atomic E-state index is 12.1. The second kappa shape index (κ2) is 5.67. The van der Waals surface area contributed by atoms with Crippen LogP contribution in [0.5, 0.6) is 0 Å². The van der Waals surface area contributed by atoms with Gasteiger partial charge in [-0.05, 0) is 37.5 Å². The van der Waals surface area contributed by atoms with Gasteiger partial charge in [-0.15, -0.1) is 0 Å². The van der Waals surface area contributed by atoms with E-state index in [1.165, 1.54) is 12.8 Å². The maximum Gasteiger partial charge on any atom is 0.239 e. The molecular formula is C13H26N2O. The molecule has 0 aliphatic heterocycles. The predicted octanol–water partition coefficient (Wildman–Crippen LogP) is 2.01. The highest BCUT2D eigenvalue weighted by atomic mass is 16.2. The summed E-state index contributed by atoms with van der Waals surface area (Å²) >= 11 is 0. The highest BCUT2D eigenvalue weighted by molar-refractivity contribution is 5.81. The number of carbonyl (C=O) groups is 1. The first-order valence-corrected chi connectivity index (χ1v) is 6.45. The van der Waals surface area contributed by atoms with Gasteiger partial charge in [0.25, 0.3) is 0 Å². The van der Waals surface area contributed by atoms with Crippen LogP contribution in [0.15, 0.2) is 0 Å². The van der Waals surface area contributed by atoms with E-state index in [4.69, 9.17) is 5.73 Å². The van der Waals surface area contributed by atoms with Crippen molar-refractivity contribution in [3.63, 3.8) is 0 Å². The number of nitrogens with two attached hydrogens (primary N) is 1. The largest absolute Gasteiger partial charge is 0.341 e. The van der Waals surface area contributed by atoms with E-state index in [2.05, 4.69) is 6.92 Å². The van der Waals surface area contributed by atoms with E-state index in [0.29, 0.717) is 6.04 Å². The van der Waals surface area contributed by atoms with Gasteiger partial charge >= 0.3 is 0 Å². The fourth-order valence-corrected chi connectivity index (χ4v) is 2.33. The number of rotatable bonds is 3. The first kappa shape index (κ1) is 13.5. The first-order chi connectivity index (χ1) is 7.43. The van der Waals surface area contributed by atoms with E-state index in [1.54, 1.807) is 0 Å². The third kappa shape index (κ3) is 3.21. The summed E-state index contributed by atoms with van der Waals surface area (Å²) in [5.74, 6) is 1.14. The average Bonchev–Trinajstić information content (AvgIpc) is 2.27. The number of likely N-dealkylation sites (N-methyl/N-ethyl adjacent to an activating group) is 1. The molecule has 3 heteroatoms. The van der Waals surface area contributed by atoms with Crippen LogP contribution < -0.4 is 5.73 Å². The van der Waals surface area contributed by atoms with Gasteiger partial charge < -0.3 is 10.6 Å². The minimum Gasteiger partial charge on any atom is -0.341 e. The lowest BCUT2D eigenvalue weighted by molar-refractivity contribution is -0.135. The molecule has 0 aromatic carbocycles. The van der Waals surface area contributed by atoms with Crippen LogP contribution in [0.3, 0.4) is 0 Å². The van der Waals surface area contributed by atoms with Crippen molar-refractivity contribution in [3.8, 4) is 0 Å². The maximum atomic E-state index is 12.1. The predicted molar refractivity (Wildman–Crippen MR) is 67.0 cm³/mol. The lowest BCUT2D eigenvalue weighted by Crippen LogP contribution is -2.49. The normalized spacial score (nSPS) is 27.9. The Hall–Kier alpha value is -0.570. The molecule has 1 aliphatic carbocycles. The summed E-state index contributed by atoms with van der Waals surface area (Å²) in [5, 5.41) is 0. The van der Waals surface area contributed by atoms with Gasteiger partial charge in [0, 0.05) is 13.1 Å². The lowest BCUT2D eigenvalue weighted by atomic mass is 9.86. The minimum atomic E-state index is -0.343. The van der Waals surface area contributed by atoms with Gasteiger partial charge in [-0.25, -0.2) is 0 Å². The third-order valence-corrected chi connectivity index (χ3v) is 3.88. The summed E-state index contributed by atoms with van der Waals surface area (Å²) in [7, 11) is 1.91. The number of hydrogen-bond acceptors (Lipinski definition) is 2. The molecule has 2 N–H and O–H groups in total. The Bertz CT molecular complexity index is 232. The SMILES string of the molecule is CC1CCC(N(C)C(=O)[C@H](N)C(C)C)CC1. The summed E-state index contributed by atoms with van der Waals surface area (Å²) in [5.41, 5.74) is 5.90. The summed E-state index contributed by atoms with van der Waals surface area (Å²) in [6.07, 6.45) is 4.74. The van der Waals surface area contributed by atoms with Crippen molar-refractivity contribution in [2.75, 3.05) is 7.05 Å². The van der Waals surface area contributed by atoms with E-state index in [0.717, 1.165) is 18.8 Å². The minimum absolute atomic E-state index is 0.106. The third-order valence-electron chi connectivity index (χ3n) is 3.88. The summed E-state index contributed by atoms with van der Waals surface area (Å²) in [6.45, 7) is 6.29. The molecule has 0 aromatic heterocycles. The Morgan fingerprint density at radius 1 is 1.25 bits per heavy atom. The lowest BCUT2D eigenvalue weighted by Gasteiger charge is -2.35. The zero-order valence-electron chi connectivity index (χ0n) is 11.1. The van der Waals surface area contributed by atoms with E-state index < -0.39 is 0 Å². The fourth-order valence-electron chi connectivity index (χ4n) is 2.33. The highest BCUT2D eigenvalue weighted by Crippen LogP contribution is 2.26. The molecule has 1 aliphatic rings. The van der Waals surface area contributed by atoms with Gasteiger partial charge in [0.2, 0.25) is 5.91 Å². The van der Waals surface area contributed by atoms with Crippen LogP contribution in [0.2, 0.25) is 0 Å². The molecule has 1 amide bonds. The number of nitrogens with zero attached hydrogens (tertiary/aromatic N) is 1. The van der Waals surface area contributed by atoms with Crippen LogP contribution in [0.25, 0.3) is 0 Å². The van der Waals surface area contributed by atoms with E-state index in [-0.39, 0.29) is 17.9 Å². The van der Waals surface area contributed by atoms with Crippen molar-refractivity contribution in [2.24, 2.45) is 17.6 Å². The van der Waals surface area contributed by atoms with Crippen molar-refractivity contribution in [3.05, 3.63) is 0 Å². The van der Waals surface area contributed by atoms with Gasteiger partial charge in [-0.1, -0.05) is 20.8 Å². The number of carbonyl (C=O) groups excluding carboxylic acids is 1. The van der Waals surface area contributed by atoms with Crippen LogP contribution in [0.1, 0.15) is 46.5 Å². The summed E-state index contributed by atoms with van der Waals surface area (Å²) in [6, 6.07) is 0.0675. The Morgan fingerprint density at radius 3 is 2.19 bits per heavy atom. The molecule has 0 spiro atoms. The molecule has 0 unspecified atom stereocenters. The van der Waals surface area contributed by atoms with Gasteiger partial charge in [0.05, 0.1) is 6.04 Å². The fraction of sp³-hybridized carbons (Fsp3) is 0.923. The van der Waals surface area contributed by atoms with Crippen molar-refractivity contribution < 1.29 is 4.79 Å². The molecule has 1 saturated carbocycles. The van der Waals surface area contributed by atoms with Crippen LogP contribution in [-0.2, 0) is 4.79 Å². The molecule has 1 atom stereocenters. The standard InChI is InChI=1S/C13H26N2O/c1-9(2)12(14)13(16)15(4)11-7-5-10(3)6-8-11/h9-12H,5-8,14H2,1-4H3/t10?,11?,12-/m1/s1. The molecule has 0 aromatic rings. The smallest absolute Gasteiger partial charge is 0.239 e. The van der Waals surface area contributed by atoms with Gasteiger partial charge in [-0.3, -0.25) is 4.79 Å². The second-order valence-corrected chi connectivity index (χ2v) is 5.63. The quantitative estimate of drug-likeness (QED) is 0.800. The Labute approximate surface area is 99.4 Å². The number of amides is 1. The highest BCUT2D eigenvalue weighted by Gasteiger charge is 2.28. The Morgan fingerprint density at radius 2 is 1.75 bits per heavy atom. The topological polar surface area (TPSA) is 46.3 Å². The molecule has 94 valence electrons. The van der Waals surface area contributed by atoms with Crippen molar-refractivity contribution in [2.45, 2.75) is 58.5 Å². The molecule has 0 saturated heterocycles. The zero-order chi connectivity index (χ0) is 12.3. The Balaban J connectivity index is 2.50. The van der Waals surface area contributed by atoms with E-state index in [1.807, 2.05) is 25.8 Å². The molecule has 0 heterocycles. The zero-order valence-corrected chi connectivity index (χ0v) is 11.1. The van der Waals surface area contributed by atoms with E-state index in [9.17, 15) is 4.79 Å². The van der Waals surface area contributed by atoms with Crippen molar-refractivity contribution in [1.29, 1.82) is 0 Å². The van der Waals surface area contributed by atoms with Crippen LogP contribution in [-0.4, -0.2) is 29.9 Å². The molecule has 3 nitrogen and oxygen atoms in total. The van der Waals surface area contributed by atoms with Gasteiger partial charge in [0.1, 0.15) is 0 Å². The van der Waals surface area contributed by atoms with Crippen LogP contribution >= 0.6 is 0 Å². The van der Waals surface area contributed by atoms with Crippen LogP contribution in [0.4, 0.5) is 0 Å². The average molecular weight is 226 g/mol. The number of hydrogen-bond donors (Lipinski definition) is 1.